The number of amides is 1. The minimum atomic E-state index is -3.18. The van der Waals surface area contributed by atoms with Crippen molar-refractivity contribution < 1.29 is 17.6 Å². The number of rotatable bonds is 4. The van der Waals surface area contributed by atoms with Gasteiger partial charge >= 0.3 is 0 Å². The first-order valence-corrected chi connectivity index (χ1v) is 8.65. The minimum Gasteiger partial charge on any atom is -0.319 e. The lowest BCUT2D eigenvalue weighted by molar-refractivity contribution is 0.102. The number of halogens is 1. The van der Waals surface area contributed by atoms with Gasteiger partial charge in [0.15, 0.2) is 9.84 Å². The van der Waals surface area contributed by atoms with Crippen LogP contribution in [0.3, 0.4) is 0 Å². The highest BCUT2D eigenvalue weighted by Gasteiger charge is 2.11. The molecule has 0 saturated carbocycles. The Morgan fingerprint density at radius 2 is 1.91 bits per heavy atom. The Labute approximate surface area is 128 Å². The fourth-order valence-electron chi connectivity index (χ4n) is 2.02. The molecular weight excluding hydrogens is 305 g/mol. The molecule has 0 unspecified atom stereocenters. The Hall–Kier alpha value is -2.21. The van der Waals surface area contributed by atoms with Crippen molar-refractivity contribution in [2.45, 2.75) is 12.7 Å². The van der Waals surface area contributed by atoms with Crippen LogP contribution in [0.15, 0.2) is 42.5 Å². The Balaban J connectivity index is 2.21. The van der Waals surface area contributed by atoms with E-state index in [0.29, 0.717) is 5.56 Å². The number of benzene rings is 2. The Morgan fingerprint density at radius 1 is 1.18 bits per heavy atom. The summed E-state index contributed by atoms with van der Waals surface area (Å²) >= 11 is 0. The maximum atomic E-state index is 13.7. The predicted molar refractivity (Wildman–Crippen MR) is 84.1 cm³/mol. The minimum absolute atomic E-state index is 0.0871. The number of hydrogen-bond acceptors (Lipinski definition) is 3. The predicted octanol–water partition coefficient (Wildman–Crippen LogP) is 2.93. The monoisotopic (exact) mass is 321 g/mol. The molecule has 0 aromatic heterocycles. The number of carbonyl (C=O) groups is 1. The second kappa shape index (κ2) is 6.27. The van der Waals surface area contributed by atoms with Gasteiger partial charge in [0.05, 0.1) is 11.4 Å². The lowest BCUT2D eigenvalue weighted by atomic mass is 10.1. The van der Waals surface area contributed by atoms with E-state index >= 15 is 0 Å². The van der Waals surface area contributed by atoms with Gasteiger partial charge in [-0.15, -0.1) is 0 Å². The first-order valence-electron chi connectivity index (χ1n) is 6.59. The van der Waals surface area contributed by atoms with E-state index in [4.69, 9.17) is 0 Å². The molecule has 2 aromatic rings. The van der Waals surface area contributed by atoms with Crippen molar-refractivity contribution in [3.63, 3.8) is 0 Å². The molecule has 0 aliphatic carbocycles. The second-order valence-corrected chi connectivity index (χ2v) is 7.35. The Bertz CT molecular complexity index is 816. The third kappa shape index (κ3) is 4.39. The molecule has 0 radical (unpaired) electrons. The van der Waals surface area contributed by atoms with Crippen molar-refractivity contribution in [2.24, 2.45) is 0 Å². The summed E-state index contributed by atoms with van der Waals surface area (Å²) in [4.78, 5) is 12.1. The van der Waals surface area contributed by atoms with Gasteiger partial charge < -0.3 is 5.32 Å². The highest BCUT2D eigenvalue weighted by molar-refractivity contribution is 7.89. The van der Waals surface area contributed by atoms with Gasteiger partial charge in [-0.2, -0.15) is 0 Å². The van der Waals surface area contributed by atoms with E-state index in [-0.39, 0.29) is 17.0 Å². The van der Waals surface area contributed by atoms with E-state index in [1.54, 1.807) is 31.2 Å². The zero-order valence-corrected chi connectivity index (χ0v) is 13.1. The van der Waals surface area contributed by atoms with Crippen molar-refractivity contribution >= 4 is 21.4 Å². The van der Waals surface area contributed by atoms with Crippen LogP contribution in [-0.4, -0.2) is 20.6 Å². The first kappa shape index (κ1) is 16.2. The standard InChI is InChI=1S/C16H16FNO3S/c1-11-6-7-15(14(17)8-11)18-16(19)13-5-3-4-12(9-13)10-22(2,20)21/h3-9H,10H2,1-2H3,(H,18,19). The van der Waals surface area contributed by atoms with Gasteiger partial charge in [0.25, 0.3) is 5.91 Å². The SMILES string of the molecule is Cc1ccc(NC(=O)c2cccc(CS(C)(=O)=O)c2)c(F)c1. The van der Waals surface area contributed by atoms with Crippen LogP contribution in [0.4, 0.5) is 10.1 Å². The quantitative estimate of drug-likeness (QED) is 0.942. The number of aryl methyl sites for hydroxylation is 1. The van der Waals surface area contributed by atoms with Gasteiger partial charge in [0, 0.05) is 11.8 Å². The molecule has 22 heavy (non-hydrogen) atoms. The molecule has 0 fully saturated rings. The van der Waals surface area contributed by atoms with Crippen molar-refractivity contribution in [3.05, 3.63) is 65.0 Å². The fraction of sp³-hybridized carbons (Fsp3) is 0.188. The van der Waals surface area contributed by atoms with E-state index in [2.05, 4.69) is 5.32 Å². The summed E-state index contributed by atoms with van der Waals surface area (Å²) in [7, 11) is -3.18. The molecule has 2 aromatic carbocycles. The van der Waals surface area contributed by atoms with Crippen LogP contribution in [0.1, 0.15) is 21.5 Å². The summed E-state index contributed by atoms with van der Waals surface area (Å²) in [6, 6.07) is 10.8. The fourth-order valence-corrected chi connectivity index (χ4v) is 2.81. The van der Waals surface area contributed by atoms with Gasteiger partial charge in [0.2, 0.25) is 0 Å². The molecule has 0 aliphatic rings. The molecular formula is C16H16FNO3S. The molecule has 4 nitrogen and oxygen atoms in total. The maximum Gasteiger partial charge on any atom is 0.255 e. The summed E-state index contributed by atoms with van der Waals surface area (Å²) in [5.74, 6) is -1.15. The summed E-state index contributed by atoms with van der Waals surface area (Å²) < 4.78 is 36.3. The molecule has 0 heterocycles. The summed E-state index contributed by atoms with van der Waals surface area (Å²) in [5.41, 5.74) is 1.63. The van der Waals surface area contributed by atoms with Crippen molar-refractivity contribution in [3.8, 4) is 0 Å². The first-order chi connectivity index (χ1) is 10.2. The van der Waals surface area contributed by atoms with E-state index in [0.717, 1.165) is 11.8 Å². The van der Waals surface area contributed by atoms with Crippen LogP contribution in [0.5, 0.6) is 0 Å². The molecule has 116 valence electrons. The number of carbonyl (C=O) groups excluding carboxylic acids is 1. The van der Waals surface area contributed by atoms with Crippen LogP contribution in [0.2, 0.25) is 0 Å². The van der Waals surface area contributed by atoms with Gasteiger partial charge in [0.1, 0.15) is 5.82 Å². The third-order valence-electron chi connectivity index (χ3n) is 2.99. The average molecular weight is 321 g/mol. The van der Waals surface area contributed by atoms with Crippen LogP contribution in [-0.2, 0) is 15.6 Å². The Morgan fingerprint density at radius 3 is 2.55 bits per heavy atom. The molecule has 2 rings (SSSR count). The van der Waals surface area contributed by atoms with Crippen LogP contribution in [0.25, 0.3) is 0 Å². The van der Waals surface area contributed by atoms with Gasteiger partial charge in [-0.1, -0.05) is 18.2 Å². The van der Waals surface area contributed by atoms with E-state index in [9.17, 15) is 17.6 Å². The molecule has 0 atom stereocenters. The van der Waals surface area contributed by atoms with Gasteiger partial charge in [-0.3, -0.25) is 4.79 Å². The molecule has 0 spiro atoms. The lowest BCUT2D eigenvalue weighted by Crippen LogP contribution is -2.13. The van der Waals surface area contributed by atoms with Crippen molar-refractivity contribution in [1.29, 1.82) is 0 Å². The number of anilines is 1. The highest BCUT2D eigenvalue weighted by atomic mass is 32.2. The molecule has 0 saturated heterocycles. The number of sulfone groups is 1. The second-order valence-electron chi connectivity index (χ2n) is 5.21. The van der Waals surface area contributed by atoms with E-state index in [1.165, 1.54) is 18.2 Å². The summed E-state index contributed by atoms with van der Waals surface area (Å²) in [6.45, 7) is 1.75. The molecule has 0 aliphatic heterocycles. The summed E-state index contributed by atoms with van der Waals surface area (Å²) in [5, 5.41) is 2.48. The topological polar surface area (TPSA) is 63.2 Å². The van der Waals surface area contributed by atoms with Crippen LogP contribution >= 0.6 is 0 Å². The smallest absolute Gasteiger partial charge is 0.255 e. The van der Waals surface area contributed by atoms with E-state index in [1.807, 2.05) is 0 Å². The van der Waals surface area contributed by atoms with Gasteiger partial charge in [-0.25, -0.2) is 12.8 Å². The Kier molecular flexibility index (Phi) is 4.61. The molecule has 1 amide bonds. The van der Waals surface area contributed by atoms with Crippen molar-refractivity contribution in [2.75, 3.05) is 11.6 Å². The summed E-state index contributed by atoms with van der Waals surface area (Å²) in [6.07, 6.45) is 1.13. The normalized spacial score (nSPS) is 11.2. The zero-order valence-electron chi connectivity index (χ0n) is 12.3. The average Bonchev–Trinajstić information content (AvgIpc) is 2.40. The highest BCUT2D eigenvalue weighted by Crippen LogP contribution is 2.17. The van der Waals surface area contributed by atoms with Crippen LogP contribution in [0, 0.1) is 12.7 Å². The molecule has 0 bridgehead atoms. The zero-order chi connectivity index (χ0) is 16.3. The van der Waals surface area contributed by atoms with E-state index < -0.39 is 21.6 Å². The van der Waals surface area contributed by atoms with Crippen LogP contribution < -0.4 is 5.32 Å². The number of hydrogen-bond donors (Lipinski definition) is 1. The maximum absolute atomic E-state index is 13.7. The lowest BCUT2D eigenvalue weighted by Gasteiger charge is -2.08. The third-order valence-corrected chi connectivity index (χ3v) is 3.85. The van der Waals surface area contributed by atoms with Crippen molar-refractivity contribution in [1.82, 2.24) is 0 Å². The number of nitrogens with one attached hydrogen (secondary N) is 1. The molecule has 6 heteroatoms. The van der Waals surface area contributed by atoms with Gasteiger partial charge in [-0.05, 0) is 42.3 Å². The largest absolute Gasteiger partial charge is 0.319 e. The molecule has 1 N–H and O–H groups in total.